The molecule has 0 aliphatic heterocycles. The van der Waals surface area contributed by atoms with Crippen LogP contribution in [0.2, 0.25) is 0 Å². The summed E-state index contributed by atoms with van der Waals surface area (Å²) < 4.78 is 0. The molecule has 2 aromatic heterocycles. The van der Waals surface area contributed by atoms with E-state index in [2.05, 4.69) is 19.9 Å². The SMILES string of the molecule is Cc1nc(SC/C(O)=C(/C#N)c2nc3ccccc3[nH]2)nc(C)c1C. The third-order valence-electron chi connectivity index (χ3n) is 3.98. The maximum absolute atomic E-state index is 10.4. The van der Waals surface area contributed by atoms with E-state index in [1.807, 2.05) is 51.1 Å². The van der Waals surface area contributed by atoms with Crippen LogP contribution in [0.3, 0.4) is 0 Å². The Morgan fingerprint density at radius 1 is 1.16 bits per heavy atom. The van der Waals surface area contributed by atoms with E-state index in [9.17, 15) is 10.4 Å². The van der Waals surface area contributed by atoms with E-state index >= 15 is 0 Å². The quantitative estimate of drug-likeness (QED) is 0.320. The number of allylic oxidation sites excluding steroid dienone is 1. The van der Waals surface area contributed by atoms with Gasteiger partial charge in [0.2, 0.25) is 0 Å². The van der Waals surface area contributed by atoms with Gasteiger partial charge < -0.3 is 10.1 Å². The topological polar surface area (TPSA) is 98.5 Å². The fraction of sp³-hybridized carbons (Fsp3) is 0.222. The minimum absolute atomic E-state index is 0.0500. The average Bonchev–Trinajstić information content (AvgIpc) is 3.01. The number of rotatable bonds is 4. The molecule has 1 aromatic carbocycles. The van der Waals surface area contributed by atoms with Crippen LogP contribution in [0.1, 0.15) is 22.8 Å². The molecule has 0 fully saturated rings. The molecule has 126 valence electrons. The predicted molar refractivity (Wildman–Crippen MR) is 98.2 cm³/mol. The molecule has 0 saturated carbocycles. The maximum atomic E-state index is 10.4. The first-order chi connectivity index (χ1) is 12.0. The summed E-state index contributed by atoms with van der Waals surface area (Å²) in [6, 6.07) is 9.51. The van der Waals surface area contributed by atoms with Gasteiger partial charge >= 0.3 is 0 Å². The molecule has 3 rings (SSSR count). The van der Waals surface area contributed by atoms with Crippen LogP contribution >= 0.6 is 11.8 Å². The van der Waals surface area contributed by atoms with Crippen molar-refractivity contribution in [2.75, 3.05) is 5.75 Å². The standard InChI is InChI=1S/C18H17N5OS/c1-10-11(2)20-18(21-12(10)3)25-9-16(24)13(8-19)17-22-14-6-4-5-7-15(14)23-17/h4-7,24H,9H2,1-3H3,(H,22,23)/b16-13+. The number of aromatic amines is 1. The van der Waals surface area contributed by atoms with E-state index in [-0.39, 0.29) is 17.1 Å². The molecule has 0 aliphatic rings. The van der Waals surface area contributed by atoms with Crippen molar-refractivity contribution in [3.63, 3.8) is 0 Å². The van der Waals surface area contributed by atoms with Crippen LogP contribution in [0, 0.1) is 32.1 Å². The maximum Gasteiger partial charge on any atom is 0.188 e. The van der Waals surface area contributed by atoms with Crippen molar-refractivity contribution in [1.82, 2.24) is 19.9 Å². The van der Waals surface area contributed by atoms with Crippen molar-refractivity contribution in [3.8, 4) is 6.07 Å². The number of nitriles is 1. The molecule has 0 saturated heterocycles. The lowest BCUT2D eigenvalue weighted by molar-refractivity contribution is 0.420. The van der Waals surface area contributed by atoms with Gasteiger partial charge in [-0.15, -0.1) is 0 Å². The summed E-state index contributed by atoms with van der Waals surface area (Å²) in [6.07, 6.45) is 0. The summed E-state index contributed by atoms with van der Waals surface area (Å²) in [5, 5.41) is 20.4. The molecule has 3 aromatic rings. The number of aliphatic hydroxyl groups excluding tert-OH is 1. The van der Waals surface area contributed by atoms with Crippen molar-refractivity contribution in [1.29, 1.82) is 5.26 Å². The summed E-state index contributed by atoms with van der Waals surface area (Å²) in [6.45, 7) is 5.84. The van der Waals surface area contributed by atoms with Crippen molar-refractivity contribution in [3.05, 3.63) is 52.8 Å². The van der Waals surface area contributed by atoms with E-state index in [1.165, 1.54) is 11.8 Å². The van der Waals surface area contributed by atoms with Crippen molar-refractivity contribution >= 4 is 28.4 Å². The van der Waals surface area contributed by atoms with E-state index in [4.69, 9.17) is 0 Å². The Labute approximate surface area is 149 Å². The summed E-state index contributed by atoms with van der Waals surface area (Å²) in [7, 11) is 0. The third kappa shape index (κ3) is 3.49. The predicted octanol–water partition coefficient (Wildman–Crippen LogP) is 3.86. The van der Waals surface area contributed by atoms with E-state index in [0.717, 1.165) is 28.0 Å². The molecule has 0 amide bonds. The van der Waals surface area contributed by atoms with Crippen LogP contribution < -0.4 is 0 Å². The highest BCUT2D eigenvalue weighted by Crippen LogP contribution is 2.23. The summed E-state index contributed by atoms with van der Waals surface area (Å²) in [5.41, 5.74) is 4.58. The Bertz CT molecular complexity index is 960. The van der Waals surface area contributed by atoms with E-state index in [1.54, 1.807) is 0 Å². The van der Waals surface area contributed by atoms with Gasteiger partial charge in [0.25, 0.3) is 0 Å². The number of fused-ring (bicyclic) bond motifs is 1. The normalized spacial score (nSPS) is 12.1. The van der Waals surface area contributed by atoms with Gasteiger partial charge in [-0.3, -0.25) is 0 Å². The summed E-state index contributed by atoms with van der Waals surface area (Å²) in [4.78, 5) is 16.2. The van der Waals surface area contributed by atoms with Crippen LogP contribution in [-0.4, -0.2) is 30.8 Å². The summed E-state index contributed by atoms with van der Waals surface area (Å²) in [5.74, 6) is 0.507. The van der Waals surface area contributed by atoms with Gasteiger partial charge in [-0.1, -0.05) is 23.9 Å². The number of para-hydroxylation sites is 2. The van der Waals surface area contributed by atoms with Crippen molar-refractivity contribution in [2.24, 2.45) is 0 Å². The molecule has 0 aliphatic carbocycles. The van der Waals surface area contributed by atoms with Crippen LogP contribution in [0.5, 0.6) is 0 Å². The minimum atomic E-state index is -0.0500. The van der Waals surface area contributed by atoms with Gasteiger partial charge in [-0.2, -0.15) is 5.26 Å². The molecule has 0 bridgehead atoms. The first-order valence-corrected chi connectivity index (χ1v) is 8.70. The highest BCUT2D eigenvalue weighted by atomic mass is 32.2. The zero-order valence-electron chi connectivity index (χ0n) is 14.2. The largest absolute Gasteiger partial charge is 0.510 e. The van der Waals surface area contributed by atoms with Gasteiger partial charge in [-0.25, -0.2) is 15.0 Å². The van der Waals surface area contributed by atoms with E-state index in [0.29, 0.717) is 11.0 Å². The Morgan fingerprint density at radius 3 is 2.48 bits per heavy atom. The van der Waals surface area contributed by atoms with Crippen molar-refractivity contribution < 1.29 is 5.11 Å². The number of aryl methyl sites for hydroxylation is 2. The Kier molecular flexibility index (Phi) is 4.72. The number of thioether (sulfide) groups is 1. The third-order valence-corrected chi connectivity index (χ3v) is 4.84. The Balaban J connectivity index is 1.86. The molecule has 2 N–H and O–H groups in total. The second kappa shape index (κ2) is 6.95. The number of hydrogen-bond acceptors (Lipinski definition) is 6. The van der Waals surface area contributed by atoms with Crippen LogP contribution in [0.4, 0.5) is 0 Å². The zero-order chi connectivity index (χ0) is 18.0. The van der Waals surface area contributed by atoms with Gasteiger partial charge in [0.15, 0.2) is 11.0 Å². The lowest BCUT2D eigenvalue weighted by atomic mass is 10.2. The molecule has 7 heteroatoms. The zero-order valence-corrected chi connectivity index (χ0v) is 15.0. The Morgan fingerprint density at radius 2 is 1.84 bits per heavy atom. The molecule has 0 radical (unpaired) electrons. The fourth-order valence-electron chi connectivity index (χ4n) is 2.34. The van der Waals surface area contributed by atoms with Crippen LogP contribution in [0.15, 0.2) is 35.2 Å². The number of nitrogens with one attached hydrogen (secondary N) is 1. The lowest BCUT2D eigenvalue weighted by Gasteiger charge is -2.07. The van der Waals surface area contributed by atoms with Gasteiger partial charge in [0.1, 0.15) is 17.4 Å². The fourth-order valence-corrected chi connectivity index (χ4v) is 3.15. The molecular weight excluding hydrogens is 334 g/mol. The second-order valence-electron chi connectivity index (χ2n) is 5.63. The number of aromatic nitrogens is 4. The number of benzene rings is 1. The highest BCUT2D eigenvalue weighted by Gasteiger charge is 2.14. The molecule has 2 heterocycles. The lowest BCUT2D eigenvalue weighted by Crippen LogP contribution is -2.00. The number of imidazole rings is 1. The number of aliphatic hydroxyl groups is 1. The molecule has 0 unspecified atom stereocenters. The molecule has 25 heavy (non-hydrogen) atoms. The van der Waals surface area contributed by atoms with Gasteiger partial charge in [0.05, 0.1) is 16.8 Å². The summed E-state index contributed by atoms with van der Waals surface area (Å²) >= 11 is 1.29. The molecule has 0 spiro atoms. The number of hydrogen-bond donors (Lipinski definition) is 2. The molecule has 0 atom stereocenters. The molecular formula is C18H17N5OS. The second-order valence-corrected chi connectivity index (χ2v) is 6.57. The smallest absolute Gasteiger partial charge is 0.188 e. The number of H-pyrrole nitrogens is 1. The first kappa shape index (κ1) is 17.0. The van der Waals surface area contributed by atoms with Crippen LogP contribution in [-0.2, 0) is 0 Å². The Hall–Kier alpha value is -2.85. The monoisotopic (exact) mass is 351 g/mol. The molecule has 6 nitrogen and oxygen atoms in total. The number of nitrogens with zero attached hydrogens (tertiary/aromatic N) is 4. The van der Waals surface area contributed by atoms with Gasteiger partial charge in [0, 0.05) is 11.4 Å². The van der Waals surface area contributed by atoms with Gasteiger partial charge in [-0.05, 0) is 38.5 Å². The minimum Gasteiger partial charge on any atom is -0.510 e. The highest BCUT2D eigenvalue weighted by molar-refractivity contribution is 7.99. The average molecular weight is 351 g/mol. The van der Waals surface area contributed by atoms with Crippen LogP contribution in [0.25, 0.3) is 16.6 Å². The van der Waals surface area contributed by atoms with E-state index < -0.39 is 0 Å². The first-order valence-electron chi connectivity index (χ1n) is 7.71. The van der Waals surface area contributed by atoms with Crippen molar-refractivity contribution in [2.45, 2.75) is 25.9 Å².